The minimum atomic E-state index is 0.281. The third kappa shape index (κ3) is 2.64. The van der Waals surface area contributed by atoms with Crippen LogP contribution in [0.4, 0.5) is 0 Å². The van der Waals surface area contributed by atoms with Crippen molar-refractivity contribution in [3.63, 3.8) is 0 Å². The van der Waals surface area contributed by atoms with Gasteiger partial charge in [-0.2, -0.15) is 11.3 Å². The third-order valence-corrected chi connectivity index (χ3v) is 3.73. The summed E-state index contributed by atoms with van der Waals surface area (Å²) in [4.78, 5) is 0. The lowest BCUT2D eigenvalue weighted by Gasteiger charge is -2.17. The fraction of sp³-hybridized carbons (Fsp3) is 0.231. The van der Waals surface area contributed by atoms with Gasteiger partial charge in [-0.25, -0.2) is 0 Å². The molecule has 84 valence electrons. The highest BCUT2D eigenvalue weighted by Gasteiger charge is 2.12. The quantitative estimate of drug-likeness (QED) is 0.869. The molecular weight excluding hydrogens is 238 g/mol. The molecule has 0 aliphatic carbocycles. The van der Waals surface area contributed by atoms with Gasteiger partial charge in [0.25, 0.3) is 0 Å². The molecule has 0 aliphatic heterocycles. The Labute approximate surface area is 105 Å². The normalized spacial score (nSPS) is 12.6. The summed E-state index contributed by atoms with van der Waals surface area (Å²) in [5.41, 5.74) is 2.52. The highest BCUT2D eigenvalue weighted by Crippen LogP contribution is 2.25. The number of likely N-dealkylation sites (N-methyl/N-ethyl adjacent to an activating group) is 1. The van der Waals surface area contributed by atoms with E-state index in [4.69, 9.17) is 11.6 Å². The molecule has 0 radical (unpaired) electrons. The SMILES string of the molecule is CNC(Cc1ccsc1)c1ccccc1Cl. The van der Waals surface area contributed by atoms with Crippen LogP contribution < -0.4 is 5.32 Å². The lowest BCUT2D eigenvalue weighted by molar-refractivity contribution is 0.593. The summed E-state index contributed by atoms with van der Waals surface area (Å²) in [6, 6.07) is 10.4. The van der Waals surface area contributed by atoms with Crippen molar-refractivity contribution in [3.8, 4) is 0 Å². The Morgan fingerprint density at radius 1 is 1.31 bits per heavy atom. The summed E-state index contributed by atoms with van der Waals surface area (Å²) in [7, 11) is 1.97. The smallest absolute Gasteiger partial charge is 0.0453 e. The molecule has 1 atom stereocenters. The molecule has 1 unspecified atom stereocenters. The average molecular weight is 252 g/mol. The Morgan fingerprint density at radius 2 is 2.12 bits per heavy atom. The molecule has 1 aromatic heterocycles. The summed E-state index contributed by atoms with van der Waals surface area (Å²) in [5, 5.41) is 8.44. The summed E-state index contributed by atoms with van der Waals surface area (Å²) < 4.78 is 0. The van der Waals surface area contributed by atoms with E-state index in [0.717, 1.165) is 17.0 Å². The number of benzene rings is 1. The Morgan fingerprint density at radius 3 is 2.75 bits per heavy atom. The Bertz CT molecular complexity index is 439. The first-order valence-electron chi connectivity index (χ1n) is 5.24. The summed E-state index contributed by atoms with van der Waals surface area (Å²) in [5.74, 6) is 0. The molecule has 0 amide bonds. The zero-order valence-electron chi connectivity index (χ0n) is 9.11. The van der Waals surface area contributed by atoms with Crippen LogP contribution in [0.25, 0.3) is 0 Å². The monoisotopic (exact) mass is 251 g/mol. The van der Waals surface area contributed by atoms with Crippen molar-refractivity contribution in [1.82, 2.24) is 5.32 Å². The highest BCUT2D eigenvalue weighted by molar-refractivity contribution is 7.07. The maximum atomic E-state index is 6.20. The van der Waals surface area contributed by atoms with Gasteiger partial charge < -0.3 is 5.32 Å². The number of rotatable bonds is 4. The first kappa shape index (κ1) is 11.6. The zero-order chi connectivity index (χ0) is 11.4. The van der Waals surface area contributed by atoms with Crippen LogP contribution in [0, 0.1) is 0 Å². The molecule has 0 saturated heterocycles. The molecule has 0 saturated carbocycles. The second-order valence-electron chi connectivity index (χ2n) is 3.70. The van der Waals surface area contributed by atoms with Crippen LogP contribution in [0.2, 0.25) is 5.02 Å². The predicted molar refractivity (Wildman–Crippen MR) is 71.3 cm³/mol. The molecular formula is C13H14ClNS. The molecule has 0 aliphatic rings. The Hall–Kier alpha value is -0.830. The van der Waals surface area contributed by atoms with Gasteiger partial charge in [-0.1, -0.05) is 29.8 Å². The van der Waals surface area contributed by atoms with Crippen molar-refractivity contribution < 1.29 is 0 Å². The van der Waals surface area contributed by atoms with Crippen LogP contribution in [0.3, 0.4) is 0 Å². The third-order valence-electron chi connectivity index (χ3n) is 2.65. The van der Waals surface area contributed by atoms with Gasteiger partial charge >= 0.3 is 0 Å². The summed E-state index contributed by atoms with van der Waals surface area (Å²) >= 11 is 7.93. The Kier molecular flexibility index (Phi) is 3.99. The standard InChI is InChI=1S/C13H14ClNS/c1-15-13(8-10-6-7-16-9-10)11-4-2-3-5-12(11)14/h2-7,9,13,15H,8H2,1H3. The second-order valence-corrected chi connectivity index (χ2v) is 4.89. The van der Waals surface area contributed by atoms with E-state index in [0.29, 0.717) is 0 Å². The van der Waals surface area contributed by atoms with Gasteiger partial charge in [0, 0.05) is 11.1 Å². The zero-order valence-corrected chi connectivity index (χ0v) is 10.7. The molecule has 2 aromatic rings. The number of thiophene rings is 1. The molecule has 0 fully saturated rings. The van der Waals surface area contributed by atoms with Gasteiger partial charge in [-0.3, -0.25) is 0 Å². The highest BCUT2D eigenvalue weighted by atomic mass is 35.5. The van der Waals surface area contributed by atoms with Crippen molar-refractivity contribution in [2.24, 2.45) is 0 Å². The molecule has 1 N–H and O–H groups in total. The minimum absolute atomic E-state index is 0.281. The topological polar surface area (TPSA) is 12.0 Å². The van der Waals surface area contributed by atoms with Gasteiger partial charge in [0.05, 0.1) is 0 Å². The van der Waals surface area contributed by atoms with Crippen molar-refractivity contribution in [2.45, 2.75) is 12.5 Å². The first-order valence-corrected chi connectivity index (χ1v) is 6.56. The fourth-order valence-corrected chi connectivity index (χ4v) is 2.72. The van der Waals surface area contributed by atoms with Gasteiger partial charge in [0.1, 0.15) is 0 Å². The lowest BCUT2D eigenvalue weighted by Crippen LogP contribution is -2.18. The van der Waals surface area contributed by atoms with Crippen LogP contribution in [-0.2, 0) is 6.42 Å². The van der Waals surface area contributed by atoms with Crippen LogP contribution in [0.15, 0.2) is 41.1 Å². The second kappa shape index (κ2) is 5.48. The predicted octanol–water partition coefficient (Wildman–Crippen LogP) is 3.90. The molecule has 1 nitrogen and oxygen atoms in total. The van der Waals surface area contributed by atoms with Crippen LogP contribution in [-0.4, -0.2) is 7.05 Å². The maximum absolute atomic E-state index is 6.20. The van der Waals surface area contributed by atoms with E-state index in [1.165, 1.54) is 5.56 Å². The molecule has 2 rings (SSSR count). The average Bonchev–Trinajstić information content (AvgIpc) is 2.80. The van der Waals surface area contributed by atoms with Gasteiger partial charge in [0.2, 0.25) is 0 Å². The van der Waals surface area contributed by atoms with E-state index in [1.807, 2.05) is 25.2 Å². The molecule has 16 heavy (non-hydrogen) atoms. The van der Waals surface area contributed by atoms with E-state index in [2.05, 4.69) is 28.2 Å². The molecule has 1 heterocycles. The lowest BCUT2D eigenvalue weighted by atomic mass is 10.0. The first-order chi connectivity index (χ1) is 7.81. The minimum Gasteiger partial charge on any atom is -0.313 e. The number of halogens is 1. The summed E-state index contributed by atoms with van der Waals surface area (Å²) in [6.45, 7) is 0. The summed E-state index contributed by atoms with van der Waals surface area (Å²) in [6.07, 6.45) is 0.976. The van der Waals surface area contributed by atoms with Crippen molar-refractivity contribution in [2.75, 3.05) is 7.05 Å². The fourth-order valence-electron chi connectivity index (χ4n) is 1.77. The van der Waals surface area contributed by atoms with Gasteiger partial charge in [-0.15, -0.1) is 0 Å². The van der Waals surface area contributed by atoms with Gasteiger partial charge in [-0.05, 0) is 47.5 Å². The van der Waals surface area contributed by atoms with Crippen LogP contribution in [0.5, 0.6) is 0 Å². The van der Waals surface area contributed by atoms with E-state index in [9.17, 15) is 0 Å². The van der Waals surface area contributed by atoms with E-state index >= 15 is 0 Å². The Balaban J connectivity index is 2.20. The largest absolute Gasteiger partial charge is 0.313 e. The van der Waals surface area contributed by atoms with E-state index < -0.39 is 0 Å². The van der Waals surface area contributed by atoms with Gasteiger partial charge in [0.15, 0.2) is 0 Å². The van der Waals surface area contributed by atoms with Crippen LogP contribution in [0.1, 0.15) is 17.2 Å². The van der Waals surface area contributed by atoms with Crippen LogP contribution >= 0.6 is 22.9 Å². The van der Waals surface area contributed by atoms with Crippen molar-refractivity contribution >= 4 is 22.9 Å². The molecule has 3 heteroatoms. The van der Waals surface area contributed by atoms with Crippen molar-refractivity contribution in [3.05, 3.63) is 57.2 Å². The number of hydrogen-bond donors (Lipinski definition) is 1. The van der Waals surface area contributed by atoms with Crippen molar-refractivity contribution in [1.29, 1.82) is 0 Å². The maximum Gasteiger partial charge on any atom is 0.0453 e. The number of nitrogens with one attached hydrogen (secondary N) is 1. The number of hydrogen-bond acceptors (Lipinski definition) is 2. The van der Waals surface area contributed by atoms with E-state index in [1.54, 1.807) is 11.3 Å². The molecule has 1 aromatic carbocycles. The molecule has 0 bridgehead atoms. The van der Waals surface area contributed by atoms with E-state index in [-0.39, 0.29) is 6.04 Å². The molecule has 0 spiro atoms.